The molecule has 2 heterocycles. The highest BCUT2D eigenvalue weighted by atomic mass is 31.2. The van der Waals surface area contributed by atoms with Crippen LogP contribution in [-0.4, -0.2) is 115 Å². The molecule has 5 aromatic rings. The zero-order valence-corrected chi connectivity index (χ0v) is 59.5. The number of halogens is 2. The predicted molar refractivity (Wildman–Crippen MR) is 368 cm³/mol. The van der Waals surface area contributed by atoms with Crippen LogP contribution >= 0.6 is 7.60 Å². The number of Topliss-reactive ketones (excluding diaryl/α,β-unsaturated/α-hetero) is 1. The third-order valence-corrected chi connectivity index (χ3v) is 20.1. The standard InChI is InChI=1S/C74H95F2N6O17P/c1-46(51-25-28-54(29-26-51)74(75,76)100(92,98-44-96-69(89)72(3,4)5)99-45-97-70(90)73(6,7)8)40-63(85)78-57-30-27-52-18-13-19-53-42-55(65(64(52)53)66(57)86)67(87)79-56(31-34-61(77)83)47(2)95-43-50-22-20-48(21-23-50)16-14-38-93-36-11-10-12-37-94-39-15-17-49-24-32-58-60(41-49)81(9)71(91)82(58)59-33-35-62(84)80-68(59)88/h13,18-26,28-29,32,40-41,47,55-57,59,65H,10-12,14-17,27,30-31,33-39,42-45H2,1-9H3,(H2,77,83)(H,78,85)(H,79,87)(H,80,84,88)/b46-40+/t47-,55-,56+,57+,59?,65?/m1/s1. The molecule has 6 atom stereocenters. The SMILES string of the molecule is C/C(=C\C(=O)N[C@H]1CCc2cccc3c2C(C1=O)[C@H](C(=O)N[C@@H](CCC(N)=O)[C@@H](C)OCc1ccc(CCCOCCCCCOCCCc2ccc4c(c2)n(C)c(=O)n4C2CCC(=O)NC2=O)cc1)C3)c1ccc(C(F)(F)P(=O)(OCOC(=O)C(C)(C)C)OCOC(=O)C(C)(C)C)cc1. The number of ketones is 1. The molecule has 26 heteroatoms. The van der Waals surface area contributed by atoms with Gasteiger partial charge in [0.15, 0.2) is 5.78 Å². The van der Waals surface area contributed by atoms with Crippen molar-refractivity contribution in [1.82, 2.24) is 25.1 Å². The van der Waals surface area contributed by atoms with Gasteiger partial charge < -0.3 is 40.1 Å². The molecule has 0 saturated carbocycles. The van der Waals surface area contributed by atoms with Gasteiger partial charge in [0.25, 0.3) is 0 Å². The number of carbonyl (C=O) groups is 8. The fraction of sp³-hybridized carbons (Fsp3) is 0.527. The second kappa shape index (κ2) is 34.5. The molecular weight excluding hydrogens is 1310 g/mol. The number of nitrogens with zero attached hydrogens (tertiary/aromatic N) is 2. The van der Waals surface area contributed by atoms with E-state index in [0.717, 1.165) is 96.0 Å². The number of amides is 5. The molecule has 0 spiro atoms. The van der Waals surface area contributed by atoms with Gasteiger partial charge in [0, 0.05) is 58.0 Å². The number of benzene rings is 4. The summed E-state index contributed by atoms with van der Waals surface area (Å²) in [6.45, 7) is 12.9. The highest BCUT2D eigenvalue weighted by molar-refractivity contribution is 7.54. The molecule has 5 N–H and O–H groups in total. The number of carbonyl (C=O) groups excluding carboxylic acids is 8. The van der Waals surface area contributed by atoms with Gasteiger partial charge in [-0.2, -0.15) is 8.78 Å². The maximum Gasteiger partial charge on any atom is 0.410 e. The Morgan fingerprint density at radius 3 is 1.94 bits per heavy atom. The summed E-state index contributed by atoms with van der Waals surface area (Å²) in [5.74, 6) is -6.20. The largest absolute Gasteiger partial charge is 0.438 e. The Kier molecular flexibility index (Phi) is 26.8. The minimum atomic E-state index is -5.60. The number of hydrogen-bond donors (Lipinski definition) is 4. The molecule has 1 fully saturated rings. The van der Waals surface area contributed by atoms with Gasteiger partial charge in [0.1, 0.15) is 6.04 Å². The van der Waals surface area contributed by atoms with Gasteiger partial charge in [-0.05, 0) is 189 Å². The van der Waals surface area contributed by atoms with Crippen molar-refractivity contribution < 1.29 is 84.4 Å². The molecule has 5 amide bonds. The van der Waals surface area contributed by atoms with E-state index < -0.39 is 115 Å². The zero-order valence-electron chi connectivity index (χ0n) is 58.6. The Morgan fingerprint density at radius 1 is 0.740 bits per heavy atom. The van der Waals surface area contributed by atoms with Crippen LogP contribution in [0.4, 0.5) is 8.78 Å². The molecule has 8 rings (SSSR count). The zero-order chi connectivity index (χ0) is 72.7. The van der Waals surface area contributed by atoms with E-state index in [-0.39, 0.29) is 62.5 Å². The van der Waals surface area contributed by atoms with Crippen LogP contribution < -0.4 is 27.4 Å². The van der Waals surface area contributed by atoms with Crippen LogP contribution in [0, 0.1) is 16.7 Å². The van der Waals surface area contributed by atoms with E-state index in [4.69, 9.17) is 38.5 Å². The molecule has 1 aliphatic heterocycles. The van der Waals surface area contributed by atoms with Crippen LogP contribution in [0.2, 0.25) is 0 Å². The van der Waals surface area contributed by atoms with E-state index in [1.165, 1.54) is 64.3 Å². The number of imide groups is 1. The van der Waals surface area contributed by atoms with E-state index in [9.17, 15) is 47.7 Å². The van der Waals surface area contributed by atoms with Crippen molar-refractivity contribution >= 4 is 71.5 Å². The van der Waals surface area contributed by atoms with Crippen molar-refractivity contribution in [2.45, 2.75) is 188 Å². The number of alkyl halides is 2. The Hall–Kier alpha value is -8.06. The first kappa shape index (κ1) is 77.7. The van der Waals surface area contributed by atoms with Crippen LogP contribution in [0.5, 0.6) is 0 Å². The fourth-order valence-corrected chi connectivity index (χ4v) is 13.7. The molecule has 0 bridgehead atoms. The number of esters is 2. The lowest BCUT2D eigenvalue weighted by atomic mass is 9.84. The number of fused-ring (bicyclic) bond motifs is 1. The first-order valence-electron chi connectivity index (χ1n) is 34.2. The summed E-state index contributed by atoms with van der Waals surface area (Å²) in [6.07, 6.45) is 8.25. The van der Waals surface area contributed by atoms with Crippen molar-refractivity contribution in [2.75, 3.05) is 40.0 Å². The van der Waals surface area contributed by atoms with E-state index in [1.54, 1.807) is 18.5 Å². The number of primary amides is 1. The quantitative estimate of drug-likeness (QED) is 0.00732. The number of aryl methyl sites for hydroxylation is 4. The second-order valence-corrected chi connectivity index (χ2v) is 30.1. The van der Waals surface area contributed by atoms with Gasteiger partial charge in [-0.1, -0.05) is 72.8 Å². The Morgan fingerprint density at radius 2 is 1.33 bits per heavy atom. The van der Waals surface area contributed by atoms with Crippen LogP contribution in [0.1, 0.15) is 176 Å². The third kappa shape index (κ3) is 20.1. The summed E-state index contributed by atoms with van der Waals surface area (Å²) < 4.78 is 87.5. The summed E-state index contributed by atoms with van der Waals surface area (Å²) in [6, 6.07) is 21.6. The van der Waals surface area contributed by atoms with Crippen LogP contribution in [0.25, 0.3) is 16.6 Å². The number of allylic oxidation sites excluding steroid dienone is 1. The number of ether oxygens (including phenoxy) is 5. The minimum Gasteiger partial charge on any atom is -0.438 e. The van der Waals surface area contributed by atoms with E-state index in [0.29, 0.717) is 49.5 Å². The number of hydrogen-bond acceptors (Lipinski definition) is 17. The smallest absolute Gasteiger partial charge is 0.410 e. The molecule has 23 nitrogen and oxygen atoms in total. The van der Waals surface area contributed by atoms with Gasteiger partial charge in [-0.15, -0.1) is 0 Å². The number of nitrogens with one attached hydrogen (secondary N) is 3. The van der Waals surface area contributed by atoms with E-state index in [2.05, 4.69) is 16.0 Å². The Bertz CT molecular complexity index is 3870. The number of imidazole rings is 1. The number of unbranched alkanes of at least 4 members (excludes halogenated alkanes) is 2. The molecular formula is C74H95F2N6O17P. The minimum absolute atomic E-state index is 0.0348. The molecule has 0 radical (unpaired) electrons. The van der Waals surface area contributed by atoms with Gasteiger partial charge in [0.2, 0.25) is 43.1 Å². The van der Waals surface area contributed by atoms with Crippen LogP contribution in [-0.2, 0) is 121 Å². The highest BCUT2D eigenvalue weighted by Crippen LogP contribution is 2.67. The topological polar surface area (TPSA) is 307 Å². The Balaban J connectivity index is 0.767. The van der Waals surface area contributed by atoms with Crippen LogP contribution in [0.3, 0.4) is 0 Å². The second-order valence-electron chi connectivity index (χ2n) is 28.0. The van der Waals surface area contributed by atoms with Crippen molar-refractivity contribution in [3.8, 4) is 0 Å². The molecule has 2 unspecified atom stereocenters. The Labute approximate surface area is 581 Å². The molecule has 100 heavy (non-hydrogen) atoms. The third-order valence-electron chi connectivity index (χ3n) is 18.3. The molecule has 3 aliphatic rings. The lowest BCUT2D eigenvalue weighted by Gasteiger charge is -2.28. The normalized spacial score (nSPS) is 18.0. The van der Waals surface area contributed by atoms with Crippen molar-refractivity contribution in [3.63, 3.8) is 0 Å². The van der Waals surface area contributed by atoms with Crippen molar-refractivity contribution in [3.05, 3.63) is 146 Å². The van der Waals surface area contributed by atoms with Gasteiger partial charge in [-0.25, -0.2) is 4.79 Å². The first-order chi connectivity index (χ1) is 47.4. The summed E-state index contributed by atoms with van der Waals surface area (Å²) >= 11 is 0. The number of aromatic nitrogens is 2. The summed E-state index contributed by atoms with van der Waals surface area (Å²) in [5.41, 5.74) is 5.63. The number of piperidine rings is 1. The first-order valence-corrected chi connectivity index (χ1v) is 35.7. The number of nitrogens with two attached hydrogens (primary N) is 1. The lowest BCUT2D eigenvalue weighted by Crippen LogP contribution is -2.49. The summed E-state index contributed by atoms with van der Waals surface area (Å²) in [5, 5.41) is 8.28. The molecule has 2 aliphatic carbocycles. The summed E-state index contributed by atoms with van der Waals surface area (Å²) in [7, 11) is -3.91. The summed E-state index contributed by atoms with van der Waals surface area (Å²) in [4.78, 5) is 117. The van der Waals surface area contributed by atoms with Gasteiger partial charge >= 0.3 is 30.9 Å². The maximum absolute atomic E-state index is 16.3. The average Bonchev–Trinajstić information content (AvgIpc) is 1.59. The molecule has 4 aromatic carbocycles. The maximum atomic E-state index is 16.3. The molecule has 1 saturated heterocycles. The molecule has 542 valence electrons. The van der Waals surface area contributed by atoms with E-state index >= 15 is 8.78 Å². The van der Waals surface area contributed by atoms with Gasteiger partial charge in [-0.3, -0.25) is 66.4 Å². The fourth-order valence-electron chi connectivity index (χ4n) is 12.4. The van der Waals surface area contributed by atoms with Crippen molar-refractivity contribution in [2.24, 2.45) is 29.5 Å². The molecule has 1 aromatic heterocycles. The van der Waals surface area contributed by atoms with Crippen molar-refractivity contribution in [1.29, 1.82) is 0 Å². The monoisotopic (exact) mass is 1410 g/mol. The van der Waals surface area contributed by atoms with Crippen LogP contribution in [0.15, 0.2) is 95.8 Å². The lowest BCUT2D eigenvalue weighted by molar-refractivity contribution is -0.163. The highest BCUT2D eigenvalue weighted by Gasteiger charge is 2.56. The predicted octanol–water partition coefficient (Wildman–Crippen LogP) is 10.2. The average molecular weight is 1410 g/mol. The number of rotatable bonds is 35. The van der Waals surface area contributed by atoms with Gasteiger partial charge in [0.05, 0.1) is 58.5 Å². The van der Waals surface area contributed by atoms with E-state index in [1.807, 2.05) is 67.6 Å².